The Kier molecular flexibility index (Phi) is 5.01. The fourth-order valence-corrected chi connectivity index (χ4v) is 2.75. The summed E-state index contributed by atoms with van der Waals surface area (Å²) in [6.07, 6.45) is 4.60. The highest BCUT2D eigenvalue weighted by molar-refractivity contribution is 7.99. The van der Waals surface area contributed by atoms with E-state index < -0.39 is 0 Å². The molecule has 0 bridgehead atoms. The number of hydrazine groups is 1. The average Bonchev–Trinajstić information content (AvgIpc) is 2.82. The van der Waals surface area contributed by atoms with Gasteiger partial charge in [-0.25, -0.2) is 4.98 Å². The van der Waals surface area contributed by atoms with Gasteiger partial charge in [-0.05, 0) is 19.1 Å². The van der Waals surface area contributed by atoms with Gasteiger partial charge in [0.05, 0.1) is 0 Å². The summed E-state index contributed by atoms with van der Waals surface area (Å²) in [7, 11) is 2.00. The molecule has 0 radical (unpaired) electrons. The predicted octanol–water partition coefficient (Wildman–Crippen LogP) is 1.90. The molecule has 0 spiro atoms. The van der Waals surface area contributed by atoms with Crippen LogP contribution in [-0.4, -0.2) is 21.3 Å². The third-order valence-electron chi connectivity index (χ3n) is 3.06. The minimum atomic E-state index is 0.215. The molecule has 0 aliphatic rings. The number of nitrogens with one attached hydrogen (secondary N) is 1. The number of rotatable bonds is 6. The van der Waals surface area contributed by atoms with Crippen molar-refractivity contribution in [3.05, 3.63) is 48.0 Å². The second kappa shape index (κ2) is 6.75. The van der Waals surface area contributed by atoms with Crippen LogP contribution < -0.4 is 11.3 Å². The van der Waals surface area contributed by atoms with Crippen molar-refractivity contribution in [2.45, 2.75) is 24.3 Å². The summed E-state index contributed by atoms with van der Waals surface area (Å²) in [6, 6.07) is 8.77. The van der Waals surface area contributed by atoms with Crippen LogP contribution in [0.25, 0.3) is 0 Å². The molecule has 1 unspecified atom stereocenters. The number of aromatic nitrogens is 2. The average molecular weight is 276 g/mol. The van der Waals surface area contributed by atoms with E-state index in [1.54, 1.807) is 0 Å². The number of thioether (sulfide) groups is 1. The van der Waals surface area contributed by atoms with E-state index in [-0.39, 0.29) is 6.04 Å². The van der Waals surface area contributed by atoms with Crippen LogP contribution in [-0.2, 0) is 13.5 Å². The summed E-state index contributed by atoms with van der Waals surface area (Å²) < 4.78 is 2.03. The van der Waals surface area contributed by atoms with E-state index in [0.717, 1.165) is 18.0 Å². The first kappa shape index (κ1) is 14.1. The Labute approximate surface area is 118 Å². The molecule has 1 aromatic heterocycles. The smallest absolute Gasteiger partial charge is 0.110 e. The lowest BCUT2D eigenvalue weighted by Crippen LogP contribution is -2.39. The number of aryl methyl sites for hydroxylation is 2. The number of hydrogen-bond acceptors (Lipinski definition) is 4. The fraction of sp³-hybridized carbons (Fsp3) is 0.357. The molecule has 2 rings (SSSR count). The first-order chi connectivity index (χ1) is 9.19. The van der Waals surface area contributed by atoms with E-state index in [9.17, 15) is 0 Å². The van der Waals surface area contributed by atoms with Crippen molar-refractivity contribution in [2.24, 2.45) is 12.9 Å². The second-order valence-electron chi connectivity index (χ2n) is 4.65. The van der Waals surface area contributed by atoms with Crippen LogP contribution in [0.1, 0.15) is 11.4 Å². The Morgan fingerprint density at radius 3 is 2.68 bits per heavy atom. The van der Waals surface area contributed by atoms with Crippen molar-refractivity contribution in [1.29, 1.82) is 0 Å². The lowest BCUT2D eigenvalue weighted by molar-refractivity contribution is 0.552. The molecular weight excluding hydrogens is 256 g/mol. The normalized spacial score (nSPS) is 12.6. The Morgan fingerprint density at radius 1 is 1.37 bits per heavy atom. The quantitative estimate of drug-likeness (QED) is 0.481. The van der Waals surface area contributed by atoms with Gasteiger partial charge in [0.1, 0.15) is 5.82 Å². The molecule has 0 fully saturated rings. The summed E-state index contributed by atoms with van der Waals surface area (Å²) in [6.45, 7) is 2.10. The monoisotopic (exact) mass is 276 g/mol. The first-order valence-corrected chi connectivity index (χ1v) is 7.29. The summed E-state index contributed by atoms with van der Waals surface area (Å²) >= 11 is 1.81. The molecule has 3 N–H and O–H groups in total. The van der Waals surface area contributed by atoms with Gasteiger partial charge in [-0.15, -0.1) is 11.8 Å². The van der Waals surface area contributed by atoms with Crippen LogP contribution >= 0.6 is 11.8 Å². The zero-order valence-corrected chi connectivity index (χ0v) is 12.2. The van der Waals surface area contributed by atoms with Gasteiger partial charge in [0, 0.05) is 42.6 Å². The molecule has 102 valence electrons. The predicted molar refractivity (Wildman–Crippen MR) is 79.9 cm³/mol. The number of hydrogen-bond donors (Lipinski definition) is 2. The van der Waals surface area contributed by atoms with Crippen LogP contribution in [0.2, 0.25) is 0 Å². The zero-order valence-electron chi connectivity index (χ0n) is 11.3. The molecule has 5 heteroatoms. The highest BCUT2D eigenvalue weighted by atomic mass is 32.2. The molecular formula is C14H20N4S. The SMILES string of the molecule is Cc1ccc(SCC(Cc2nccn2C)NN)cc1. The van der Waals surface area contributed by atoms with E-state index in [0.29, 0.717) is 0 Å². The van der Waals surface area contributed by atoms with E-state index in [4.69, 9.17) is 5.84 Å². The standard InChI is InChI=1S/C14H20N4S/c1-11-3-5-13(6-4-11)19-10-12(17-15)9-14-16-7-8-18(14)2/h3-8,12,17H,9-10,15H2,1-2H3. The highest BCUT2D eigenvalue weighted by Crippen LogP contribution is 2.19. The first-order valence-electron chi connectivity index (χ1n) is 6.31. The summed E-state index contributed by atoms with van der Waals surface area (Å²) in [5.74, 6) is 7.60. The maximum absolute atomic E-state index is 5.63. The molecule has 0 saturated heterocycles. The van der Waals surface area contributed by atoms with E-state index in [1.165, 1.54) is 10.5 Å². The number of benzene rings is 1. The molecule has 2 aromatic rings. The highest BCUT2D eigenvalue weighted by Gasteiger charge is 2.11. The largest absolute Gasteiger partial charge is 0.338 e. The van der Waals surface area contributed by atoms with Gasteiger partial charge in [-0.2, -0.15) is 0 Å². The molecule has 0 amide bonds. The van der Waals surface area contributed by atoms with Gasteiger partial charge >= 0.3 is 0 Å². The third kappa shape index (κ3) is 4.09. The summed E-state index contributed by atoms with van der Waals surface area (Å²) in [5, 5.41) is 0. The fourth-order valence-electron chi connectivity index (χ4n) is 1.81. The number of nitrogens with two attached hydrogens (primary N) is 1. The van der Waals surface area contributed by atoms with E-state index in [1.807, 2.05) is 35.8 Å². The van der Waals surface area contributed by atoms with E-state index >= 15 is 0 Å². The summed E-state index contributed by atoms with van der Waals surface area (Å²) in [5.41, 5.74) is 4.16. The van der Waals surface area contributed by atoms with Crippen LogP contribution in [0.5, 0.6) is 0 Å². The van der Waals surface area contributed by atoms with E-state index in [2.05, 4.69) is 41.6 Å². The van der Waals surface area contributed by atoms with Crippen molar-refractivity contribution in [3.63, 3.8) is 0 Å². The van der Waals surface area contributed by atoms with Crippen molar-refractivity contribution in [1.82, 2.24) is 15.0 Å². The van der Waals surface area contributed by atoms with Gasteiger partial charge in [-0.3, -0.25) is 11.3 Å². The second-order valence-corrected chi connectivity index (χ2v) is 5.74. The van der Waals surface area contributed by atoms with Crippen molar-refractivity contribution >= 4 is 11.8 Å². The molecule has 19 heavy (non-hydrogen) atoms. The van der Waals surface area contributed by atoms with Crippen molar-refractivity contribution < 1.29 is 0 Å². The molecule has 4 nitrogen and oxygen atoms in total. The Morgan fingerprint density at radius 2 is 2.11 bits per heavy atom. The molecule has 0 aliphatic heterocycles. The van der Waals surface area contributed by atoms with Crippen LogP contribution in [0, 0.1) is 6.92 Å². The van der Waals surface area contributed by atoms with Crippen LogP contribution in [0.3, 0.4) is 0 Å². The maximum Gasteiger partial charge on any atom is 0.110 e. The molecule has 0 aliphatic carbocycles. The van der Waals surface area contributed by atoms with Crippen LogP contribution in [0.4, 0.5) is 0 Å². The maximum atomic E-state index is 5.63. The molecule has 0 saturated carbocycles. The van der Waals surface area contributed by atoms with Crippen molar-refractivity contribution in [2.75, 3.05) is 5.75 Å². The Bertz CT molecular complexity index is 506. The lowest BCUT2D eigenvalue weighted by atomic mass is 10.2. The van der Waals surface area contributed by atoms with Gasteiger partial charge in [-0.1, -0.05) is 17.7 Å². The lowest BCUT2D eigenvalue weighted by Gasteiger charge is -2.15. The molecule has 1 aromatic carbocycles. The van der Waals surface area contributed by atoms with Crippen molar-refractivity contribution in [3.8, 4) is 0 Å². The third-order valence-corrected chi connectivity index (χ3v) is 4.23. The minimum Gasteiger partial charge on any atom is -0.338 e. The molecule has 1 atom stereocenters. The summed E-state index contributed by atoms with van der Waals surface area (Å²) in [4.78, 5) is 5.60. The van der Waals surface area contributed by atoms with Gasteiger partial charge in [0.25, 0.3) is 0 Å². The number of nitrogens with zero attached hydrogens (tertiary/aromatic N) is 2. The minimum absolute atomic E-state index is 0.215. The van der Waals surface area contributed by atoms with Gasteiger partial charge in [0.2, 0.25) is 0 Å². The topological polar surface area (TPSA) is 55.9 Å². The van der Waals surface area contributed by atoms with Gasteiger partial charge in [0.15, 0.2) is 0 Å². The van der Waals surface area contributed by atoms with Crippen LogP contribution in [0.15, 0.2) is 41.6 Å². The van der Waals surface area contributed by atoms with Gasteiger partial charge < -0.3 is 4.57 Å². The Balaban J connectivity index is 1.89. The molecule has 1 heterocycles. The number of imidazole rings is 1. The Hall–Kier alpha value is -1.30. The zero-order chi connectivity index (χ0) is 13.7.